The molecule has 3 heteroatoms. The number of carbonyl (C=O) groups is 1. The van der Waals surface area contributed by atoms with Gasteiger partial charge in [0.25, 0.3) is 0 Å². The summed E-state index contributed by atoms with van der Waals surface area (Å²) in [7, 11) is 0. The Balaban J connectivity index is 2.45. The van der Waals surface area contributed by atoms with Gasteiger partial charge in [-0.3, -0.25) is 0 Å². The highest BCUT2D eigenvalue weighted by Gasteiger charge is 2.13. The van der Waals surface area contributed by atoms with Gasteiger partial charge in [-0.1, -0.05) is 17.7 Å². The zero-order chi connectivity index (χ0) is 12.9. The molecule has 0 aliphatic carbocycles. The summed E-state index contributed by atoms with van der Waals surface area (Å²) in [5.41, 5.74) is 1.69. The number of esters is 1. The van der Waals surface area contributed by atoms with E-state index in [0.717, 1.165) is 5.69 Å². The van der Waals surface area contributed by atoms with Gasteiger partial charge in [-0.05, 0) is 39.8 Å². The van der Waals surface area contributed by atoms with Crippen molar-refractivity contribution in [2.24, 2.45) is 0 Å². The lowest BCUT2D eigenvalue weighted by molar-refractivity contribution is -0.148. The average molecular weight is 233 g/mol. The van der Waals surface area contributed by atoms with E-state index in [1.54, 1.807) is 6.20 Å². The minimum absolute atomic E-state index is 0.350. The molecule has 0 fully saturated rings. The van der Waals surface area contributed by atoms with Crippen LogP contribution in [-0.4, -0.2) is 11.6 Å². The van der Waals surface area contributed by atoms with E-state index in [4.69, 9.17) is 4.74 Å². The van der Waals surface area contributed by atoms with Crippen LogP contribution in [0, 0.1) is 6.92 Å². The molecule has 0 aromatic heterocycles. The number of nitrogens with one attached hydrogen (secondary N) is 1. The minimum Gasteiger partial charge on any atom is -0.457 e. The SMILES string of the molecule is Cc1ccc(NC=CC(=O)OC(C)(C)C)cc1. The predicted octanol–water partition coefficient (Wildman–Crippen LogP) is 3.26. The number of ether oxygens (including phenoxy) is 1. The third-order valence-corrected chi connectivity index (χ3v) is 1.93. The van der Waals surface area contributed by atoms with Crippen molar-refractivity contribution in [3.8, 4) is 0 Å². The second-order valence-corrected chi connectivity index (χ2v) is 4.88. The molecule has 1 N–H and O–H groups in total. The standard InChI is InChI=1S/C14H19NO2/c1-11-5-7-12(8-6-11)15-10-9-13(16)17-14(2,3)4/h5-10,15H,1-4H3. The van der Waals surface area contributed by atoms with E-state index in [0.29, 0.717) is 0 Å². The van der Waals surface area contributed by atoms with Crippen LogP contribution in [0.4, 0.5) is 5.69 Å². The summed E-state index contributed by atoms with van der Waals surface area (Å²) in [6.45, 7) is 7.55. The third kappa shape index (κ3) is 5.76. The number of anilines is 1. The Kier molecular flexibility index (Phi) is 4.32. The Morgan fingerprint density at radius 1 is 1.24 bits per heavy atom. The van der Waals surface area contributed by atoms with Gasteiger partial charge in [0.2, 0.25) is 0 Å². The summed E-state index contributed by atoms with van der Waals surface area (Å²) in [6, 6.07) is 7.91. The topological polar surface area (TPSA) is 38.3 Å². The molecule has 0 spiro atoms. The molecule has 0 unspecified atom stereocenters. The first-order valence-electron chi connectivity index (χ1n) is 5.59. The van der Waals surface area contributed by atoms with Gasteiger partial charge in [-0.15, -0.1) is 0 Å². The zero-order valence-corrected chi connectivity index (χ0v) is 10.8. The molecule has 0 amide bonds. The number of hydrogen-bond acceptors (Lipinski definition) is 3. The van der Waals surface area contributed by atoms with Crippen LogP contribution in [0.25, 0.3) is 0 Å². The maximum absolute atomic E-state index is 11.4. The monoisotopic (exact) mass is 233 g/mol. The molecular formula is C14H19NO2. The summed E-state index contributed by atoms with van der Waals surface area (Å²) >= 11 is 0. The zero-order valence-electron chi connectivity index (χ0n) is 10.8. The number of rotatable bonds is 3. The average Bonchev–Trinajstić information content (AvgIpc) is 2.18. The van der Waals surface area contributed by atoms with Gasteiger partial charge >= 0.3 is 5.97 Å². The molecule has 0 heterocycles. The van der Waals surface area contributed by atoms with Crippen LogP contribution >= 0.6 is 0 Å². The van der Waals surface area contributed by atoms with Gasteiger partial charge in [0.15, 0.2) is 0 Å². The van der Waals surface area contributed by atoms with Gasteiger partial charge in [-0.25, -0.2) is 4.79 Å². The minimum atomic E-state index is -0.453. The quantitative estimate of drug-likeness (QED) is 0.643. The van der Waals surface area contributed by atoms with E-state index in [1.165, 1.54) is 11.6 Å². The highest BCUT2D eigenvalue weighted by atomic mass is 16.6. The van der Waals surface area contributed by atoms with Crippen molar-refractivity contribution in [1.29, 1.82) is 0 Å². The number of hydrogen-bond donors (Lipinski definition) is 1. The smallest absolute Gasteiger partial charge is 0.332 e. The maximum Gasteiger partial charge on any atom is 0.332 e. The van der Waals surface area contributed by atoms with Crippen molar-refractivity contribution in [1.82, 2.24) is 0 Å². The van der Waals surface area contributed by atoms with E-state index in [-0.39, 0.29) is 5.97 Å². The lowest BCUT2D eigenvalue weighted by Crippen LogP contribution is -2.22. The van der Waals surface area contributed by atoms with E-state index in [9.17, 15) is 4.79 Å². The molecule has 1 aromatic carbocycles. The molecule has 0 saturated carbocycles. The molecule has 0 saturated heterocycles. The van der Waals surface area contributed by atoms with Crippen LogP contribution in [0.1, 0.15) is 26.3 Å². The Morgan fingerprint density at radius 3 is 2.35 bits per heavy atom. The third-order valence-electron chi connectivity index (χ3n) is 1.93. The van der Waals surface area contributed by atoms with E-state index in [2.05, 4.69) is 5.32 Å². The van der Waals surface area contributed by atoms with Crippen LogP contribution in [0.15, 0.2) is 36.5 Å². The first-order valence-corrected chi connectivity index (χ1v) is 5.59. The molecule has 1 rings (SSSR count). The largest absolute Gasteiger partial charge is 0.457 e. The van der Waals surface area contributed by atoms with Crippen molar-refractivity contribution in [3.05, 3.63) is 42.1 Å². The summed E-state index contributed by atoms with van der Waals surface area (Å²) in [4.78, 5) is 11.4. The Morgan fingerprint density at radius 2 is 1.82 bits per heavy atom. The second kappa shape index (κ2) is 5.53. The van der Waals surface area contributed by atoms with Crippen molar-refractivity contribution in [3.63, 3.8) is 0 Å². The Bertz CT molecular complexity index is 399. The molecular weight excluding hydrogens is 214 g/mol. The molecule has 0 radical (unpaired) electrons. The van der Waals surface area contributed by atoms with Gasteiger partial charge in [-0.2, -0.15) is 0 Å². The lowest BCUT2D eigenvalue weighted by atomic mass is 10.2. The first kappa shape index (κ1) is 13.3. The molecule has 0 atom stereocenters. The predicted molar refractivity (Wildman–Crippen MR) is 69.8 cm³/mol. The van der Waals surface area contributed by atoms with Gasteiger partial charge in [0.1, 0.15) is 5.60 Å². The summed E-state index contributed by atoms with van der Waals surface area (Å²) in [5, 5.41) is 3.01. The molecule has 0 aliphatic heterocycles. The highest BCUT2D eigenvalue weighted by molar-refractivity contribution is 5.82. The normalized spacial score (nSPS) is 11.5. The summed E-state index contributed by atoms with van der Waals surface area (Å²) < 4.78 is 5.13. The first-order chi connectivity index (χ1) is 7.87. The van der Waals surface area contributed by atoms with E-state index >= 15 is 0 Å². The highest BCUT2D eigenvalue weighted by Crippen LogP contribution is 2.09. The van der Waals surface area contributed by atoms with Crippen LogP contribution < -0.4 is 5.32 Å². The maximum atomic E-state index is 11.4. The summed E-state index contributed by atoms with van der Waals surface area (Å²) in [5.74, 6) is -0.350. The molecule has 0 bridgehead atoms. The number of carbonyl (C=O) groups excluding carboxylic acids is 1. The van der Waals surface area contributed by atoms with Crippen LogP contribution in [0.2, 0.25) is 0 Å². The van der Waals surface area contributed by atoms with E-state index < -0.39 is 5.60 Å². The van der Waals surface area contributed by atoms with Crippen LogP contribution in [0.5, 0.6) is 0 Å². The van der Waals surface area contributed by atoms with Crippen molar-refractivity contribution < 1.29 is 9.53 Å². The molecule has 17 heavy (non-hydrogen) atoms. The molecule has 1 aromatic rings. The lowest BCUT2D eigenvalue weighted by Gasteiger charge is -2.17. The second-order valence-electron chi connectivity index (χ2n) is 4.88. The van der Waals surface area contributed by atoms with Gasteiger partial charge < -0.3 is 10.1 Å². The van der Waals surface area contributed by atoms with Crippen molar-refractivity contribution in [2.75, 3.05) is 5.32 Å². The molecule has 92 valence electrons. The number of benzene rings is 1. The summed E-state index contributed by atoms with van der Waals surface area (Å²) in [6.07, 6.45) is 2.96. The molecule has 0 aliphatic rings. The van der Waals surface area contributed by atoms with Gasteiger partial charge in [0.05, 0.1) is 0 Å². The Hall–Kier alpha value is -1.77. The van der Waals surface area contributed by atoms with Gasteiger partial charge in [0, 0.05) is 18.0 Å². The van der Waals surface area contributed by atoms with Crippen molar-refractivity contribution >= 4 is 11.7 Å². The number of aryl methyl sites for hydroxylation is 1. The molecule has 3 nitrogen and oxygen atoms in total. The van der Waals surface area contributed by atoms with E-state index in [1.807, 2.05) is 52.0 Å². The van der Waals surface area contributed by atoms with Crippen molar-refractivity contribution in [2.45, 2.75) is 33.3 Å². The van der Waals surface area contributed by atoms with Crippen LogP contribution in [0.3, 0.4) is 0 Å². The fourth-order valence-electron chi connectivity index (χ4n) is 1.19. The fourth-order valence-corrected chi connectivity index (χ4v) is 1.19. The Labute approximate surface area is 102 Å². The van der Waals surface area contributed by atoms with Crippen LogP contribution in [-0.2, 0) is 9.53 Å². The fraction of sp³-hybridized carbons (Fsp3) is 0.357.